The summed E-state index contributed by atoms with van der Waals surface area (Å²) >= 11 is 0. The molecule has 0 radical (unpaired) electrons. The zero-order valence-corrected chi connectivity index (χ0v) is 9.50. The van der Waals surface area contributed by atoms with Gasteiger partial charge in [-0.25, -0.2) is 0 Å². The van der Waals surface area contributed by atoms with E-state index in [0.717, 1.165) is 25.8 Å². The second kappa shape index (κ2) is 5.12. The summed E-state index contributed by atoms with van der Waals surface area (Å²) in [5.41, 5.74) is -0.785. The van der Waals surface area contributed by atoms with Gasteiger partial charge in [-0.15, -0.1) is 0 Å². The average Bonchev–Trinajstić information content (AvgIpc) is 2.58. The zero-order valence-electron chi connectivity index (χ0n) is 9.50. The summed E-state index contributed by atoms with van der Waals surface area (Å²) in [5, 5.41) is 16.1. The van der Waals surface area contributed by atoms with Crippen LogP contribution in [-0.2, 0) is 9.53 Å². The predicted octanol–water partition coefficient (Wildman–Crippen LogP) is -0.604. The number of aliphatic hydroxyl groups is 1. The lowest BCUT2D eigenvalue weighted by Gasteiger charge is -2.24. The standard InChI is InChI=1S/C11H20N2O3/c14-10-9(3-1-2-5-12-10)13-7-11(15)4-6-16-8-11/h9,13,15H,1-8H2,(H,12,14). The van der Waals surface area contributed by atoms with Crippen molar-refractivity contribution in [3.8, 4) is 0 Å². The Kier molecular flexibility index (Phi) is 3.78. The molecule has 2 unspecified atom stereocenters. The molecule has 0 spiro atoms. The monoisotopic (exact) mass is 228 g/mol. The minimum absolute atomic E-state index is 0.0556. The Morgan fingerprint density at radius 3 is 3.19 bits per heavy atom. The molecule has 0 aromatic rings. The molecule has 0 aromatic carbocycles. The van der Waals surface area contributed by atoms with Gasteiger partial charge in [0, 0.05) is 26.1 Å². The third-order valence-corrected chi connectivity index (χ3v) is 3.30. The molecular formula is C11H20N2O3. The highest BCUT2D eigenvalue weighted by Crippen LogP contribution is 2.17. The lowest BCUT2D eigenvalue weighted by molar-refractivity contribution is -0.123. The smallest absolute Gasteiger partial charge is 0.237 e. The van der Waals surface area contributed by atoms with Crippen molar-refractivity contribution in [2.45, 2.75) is 37.3 Å². The van der Waals surface area contributed by atoms with Crippen molar-refractivity contribution in [2.75, 3.05) is 26.3 Å². The summed E-state index contributed by atoms with van der Waals surface area (Å²) in [6.07, 6.45) is 3.58. The molecule has 2 saturated heterocycles. The Balaban J connectivity index is 1.81. The summed E-state index contributed by atoms with van der Waals surface area (Å²) < 4.78 is 5.16. The van der Waals surface area contributed by atoms with Crippen LogP contribution in [0, 0.1) is 0 Å². The van der Waals surface area contributed by atoms with Gasteiger partial charge in [0.15, 0.2) is 0 Å². The van der Waals surface area contributed by atoms with Gasteiger partial charge in [-0.3, -0.25) is 4.79 Å². The molecule has 0 aliphatic carbocycles. The Bertz CT molecular complexity index is 252. The van der Waals surface area contributed by atoms with Gasteiger partial charge in [-0.2, -0.15) is 0 Å². The van der Waals surface area contributed by atoms with E-state index in [1.165, 1.54) is 0 Å². The molecule has 16 heavy (non-hydrogen) atoms. The predicted molar refractivity (Wildman–Crippen MR) is 59.0 cm³/mol. The Labute approximate surface area is 95.5 Å². The van der Waals surface area contributed by atoms with Crippen molar-refractivity contribution in [3.05, 3.63) is 0 Å². The topological polar surface area (TPSA) is 70.6 Å². The number of nitrogens with one attached hydrogen (secondary N) is 2. The second-order valence-corrected chi connectivity index (χ2v) is 4.75. The molecule has 5 nitrogen and oxygen atoms in total. The highest BCUT2D eigenvalue weighted by Gasteiger charge is 2.33. The van der Waals surface area contributed by atoms with Crippen LogP contribution in [0.1, 0.15) is 25.7 Å². The third kappa shape index (κ3) is 2.93. The summed E-state index contributed by atoms with van der Waals surface area (Å²) in [6, 6.07) is -0.160. The molecule has 2 rings (SSSR count). The number of hydrogen-bond donors (Lipinski definition) is 3. The molecule has 2 aliphatic heterocycles. The molecule has 1 amide bonds. The van der Waals surface area contributed by atoms with Crippen molar-refractivity contribution >= 4 is 5.91 Å². The van der Waals surface area contributed by atoms with Crippen molar-refractivity contribution in [1.29, 1.82) is 0 Å². The maximum absolute atomic E-state index is 11.6. The molecule has 0 bridgehead atoms. The van der Waals surface area contributed by atoms with E-state index < -0.39 is 5.60 Å². The molecule has 5 heteroatoms. The lowest BCUT2D eigenvalue weighted by Crippen LogP contribution is -2.50. The highest BCUT2D eigenvalue weighted by molar-refractivity contribution is 5.81. The van der Waals surface area contributed by atoms with Crippen molar-refractivity contribution in [1.82, 2.24) is 10.6 Å². The second-order valence-electron chi connectivity index (χ2n) is 4.75. The van der Waals surface area contributed by atoms with Gasteiger partial charge in [0.25, 0.3) is 0 Å². The number of carbonyl (C=O) groups excluding carboxylic acids is 1. The van der Waals surface area contributed by atoms with E-state index in [0.29, 0.717) is 26.2 Å². The fourth-order valence-corrected chi connectivity index (χ4v) is 2.18. The van der Waals surface area contributed by atoms with E-state index in [1.807, 2.05) is 0 Å². The molecule has 92 valence electrons. The lowest BCUT2D eigenvalue weighted by atomic mass is 10.0. The molecule has 2 fully saturated rings. The summed E-state index contributed by atoms with van der Waals surface area (Å²) in [7, 11) is 0. The van der Waals surface area contributed by atoms with Gasteiger partial charge >= 0.3 is 0 Å². The van der Waals surface area contributed by atoms with Crippen LogP contribution in [0.25, 0.3) is 0 Å². The highest BCUT2D eigenvalue weighted by atomic mass is 16.5. The average molecular weight is 228 g/mol. The van der Waals surface area contributed by atoms with Gasteiger partial charge in [0.1, 0.15) is 5.60 Å². The number of hydrogen-bond acceptors (Lipinski definition) is 4. The summed E-state index contributed by atoms with van der Waals surface area (Å²) in [5.74, 6) is 0.0556. The van der Waals surface area contributed by atoms with Crippen LogP contribution in [-0.4, -0.2) is 49.0 Å². The first-order valence-electron chi connectivity index (χ1n) is 6.01. The molecule has 0 aromatic heterocycles. The SMILES string of the molecule is O=C1NCCCCC1NCC1(O)CCOC1. The number of amides is 1. The Morgan fingerprint density at radius 2 is 2.44 bits per heavy atom. The molecule has 2 heterocycles. The Hall–Kier alpha value is -0.650. The molecule has 2 atom stereocenters. The van der Waals surface area contributed by atoms with Crippen molar-refractivity contribution in [3.63, 3.8) is 0 Å². The maximum Gasteiger partial charge on any atom is 0.237 e. The van der Waals surface area contributed by atoms with Crippen molar-refractivity contribution < 1.29 is 14.6 Å². The largest absolute Gasteiger partial charge is 0.386 e. The minimum atomic E-state index is -0.785. The van der Waals surface area contributed by atoms with Crippen LogP contribution in [0.4, 0.5) is 0 Å². The molecule has 2 aliphatic rings. The number of rotatable bonds is 3. The fourth-order valence-electron chi connectivity index (χ4n) is 2.18. The van der Waals surface area contributed by atoms with Gasteiger partial charge in [0.2, 0.25) is 5.91 Å². The quantitative estimate of drug-likeness (QED) is 0.603. The van der Waals surface area contributed by atoms with E-state index in [1.54, 1.807) is 0 Å². The molecule has 3 N–H and O–H groups in total. The van der Waals surface area contributed by atoms with E-state index in [2.05, 4.69) is 10.6 Å². The van der Waals surface area contributed by atoms with E-state index in [-0.39, 0.29) is 11.9 Å². The maximum atomic E-state index is 11.6. The normalized spacial score (nSPS) is 35.8. The van der Waals surface area contributed by atoms with Crippen LogP contribution >= 0.6 is 0 Å². The summed E-state index contributed by atoms with van der Waals surface area (Å²) in [6.45, 7) is 2.18. The van der Waals surface area contributed by atoms with E-state index >= 15 is 0 Å². The van der Waals surface area contributed by atoms with Gasteiger partial charge < -0.3 is 20.5 Å². The number of ether oxygens (including phenoxy) is 1. The van der Waals surface area contributed by atoms with Gasteiger partial charge in [-0.1, -0.05) is 0 Å². The van der Waals surface area contributed by atoms with Crippen LogP contribution in [0.3, 0.4) is 0 Å². The van der Waals surface area contributed by atoms with Crippen molar-refractivity contribution in [2.24, 2.45) is 0 Å². The fraction of sp³-hybridized carbons (Fsp3) is 0.909. The number of carbonyl (C=O) groups is 1. The van der Waals surface area contributed by atoms with Gasteiger partial charge in [-0.05, 0) is 19.3 Å². The first kappa shape index (κ1) is 11.8. The zero-order chi connectivity index (χ0) is 11.4. The first-order valence-corrected chi connectivity index (χ1v) is 6.01. The van der Waals surface area contributed by atoms with Crippen LogP contribution in [0.2, 0.25) is 0 Å². The van der Waals surface area contributed by atoms with Gasteiger partial charge in [0.05, 0.1) is 12.6 Å². The first-order chi connectivity index (χ1) is 7.70. The molecule has 0 saturated carbocycles. The third-order valence-electron chi connectivity index (χ3n) is 3.30. The molecular weight excluding hydrogens is 208 g/mol. The van der Waals surface area contributed by atoms with E-state index in [4.69, 9.17) is 4.74 Å². The van der Waals surface area contributed by atoms with Crippen LogP contribution < -0.4 is 10.6 Å². The summed E-state index contributed by atoms with van der Waals surface area (Å²) in [4.78, 5) is 11.6. The minimum Gasteiger partial charge on any atom is -0.386 e. The van der Waals surface area contributed by atoms with Crippen LogP contribution in [0.5, 0.6) is 0 Å². The Morgan fingerprint density at radius 1 is 1.56 bits per heavy atom. The van der Waals surface area contributed by atoms with Crippen LogP contribution in [0.15, 0.2) is 0 Å². The van der Waals surface area contributed by atoms with E-state index in [9.17, 15) is 9.90 Å².